The van der Waals surface area contributed by atoms with Crippen LogP contribution in [0.4, 0.5) is 20.6 Å². The number of rotatable bonds is 8. The lowest BCUT2D eigenvalue weighted by Crippen LogP contribution is -2.37. The number of benzene rings is 2. The third-order valence-electron chi connectivity index (χ3n) is 4.52. The standard InChI is InChI=1S/C21H26FN3O4/c1-27-18-6-3-16(4-7-18)23-21(26)24-17-5-8-19(22)20(15-17)29-12-2-9-25-10-13-28-14-11-25/h3-8,15H,2,9-14H2,1H3,(H2,23,24,26). The molecular weight excluding hydrogens is 377 g/mol. The quantitative estimate of drug-likeness (QED) is 0.660. The van der Waals surface area contributed by atoms with Gasteiger partial charge in [-0.15, -0.1) is 0 Å². The molecule has 2 amide bonds. The van der Waals surface area contributed by atoms with Gasteiger partial charge in [0.15, 0.2) is 11.6 Å². The van der Waals surface area contributed by atoms with Gasteiger partial charge in [-0.3, -0.25) is 4.90 Å². The fourth-order valence-corrected chi connectivity index (χ4v) is 2.95. The van der Waals surface area contributed by atoms with Gasteiger partial charge in [0.1, 0.15) is 5.75 Å². The summed E-state index contributed by atoms with van der Waals surface area (Å²) < 4.78 is 30.0. The van der Waals surface area contributed by atoms with Gasteiger partial charge >= 0.3 is 6.03 Å². The van der Waals surface area contributed by atoms with Gasteiger partial charge in [-0.05, 0) is 42.8 Å². The molecule has 0 atom stereocenters. The van der Waals surface area contributed by atoms with E-state index >= 15 is 0 Å². The number of halogens is 1. The molecule has 1 fully saturated rings. The van der Waals surface area contributed by atoms with E-state index in [-0.39, 0.29) is 5.75 Å². The Morgan fingerprint density at radius 3 is 2.52 bits per heavy atom. The van der Waals surface area contributed by atoms with Crippen molar-refractivity contribution in [1.29, 1.82) is 0 Å². The van der Waals surface area contributed by atoms with Crippen LogP contribution in [0.2, 0.25) is 0 Å². The predicted molar refractivity (Wildman–Crippen MR) is 109 cm³/mol. The van der Waals surface area contributed by atoms with Crippen molar-refractivity contribution >= 4 is 17.4 Å². The summed E-state index contributed by atoms with van der Waals surface area (Å²) >= 11 is 0. The van der Waals surface area contributed by atoms with E-state index in [1.807, 2.05) is 0 Å². The average molecular weight is 403 g/mol. The van der Waals surface area contributed by atoms with Crippen molar-refractivity contribution in [2.24, 2.45) is 0 Å². The van der Waals surface area contributed by atoms with E-state index in [1.54, 1.807) is 31.4 Å². The second-order valence-electron chi connectivity index (χ2n) is 6.61. The molecule has 29 heavy (non-hydrogen) atoms. The molecule has 0 radical (unpaired) electrons. The molecule has 0 aromatic heterocycles. The number of anilines is 2. The number of carbonyl (C=O) groups is 1. The molecule has 2 aromatic rings. The molecule has 1 heterocycles. The van der Waals surface area contributed by atoms with E-state index in [2.05, 4.69) is 15.5 Å². The molecule has 0 bridgehead atoms. The van der Waals surface area contributed by atoms with Crippen LogP contribution in [0.15, 0.2) is 42.5 Å². The highest BCUT2D eigenvalue weighted by atomic mass is 19.1. The summed E-state index contributed by atoms with van der Waals surface area (Å²) in [6.45, 7) is 4.61. The zero-order chi connectivity index (χ0) is 20.5. The van der Waals surface area contributed by atoms with Crippen LogP contribution in [0.5, 0.6) is 11.5 Å². The van der Waals surface area contributed by atoms with Crippen molar-refractivity contribution < 1.29 is 23.4 Å². The topological polar surface area (TPSA) is 72.1 Å². The lowest BCUT2D eigenvalue weighted by molar-refractivity contribution is 0.0357. The van der Waals surface area contributed by atoms with Crippen molar-refractivity contribution in [1.82, 2.24) is 4.90 Å². The number of hydrogen-bond donors (Lipinski definition) is 2. The fourth-order valence-electron chi connectivity index (χ4n) is 2.95. The van der Waals surface area contributed by atoms with Gasteiger partial charge in [-0.2, -0.15) is 0 Å². The Labute approximate surface area is 169 Å². The highest BCUT2D eigenvalue weighted by Crippen LogP contribution is 2.23. The predicted octanol–water partition coefficient (Wildman–Crippen LogP) is 3.58. The maximum absolute atomic E-state index is 14.0. The molecule has 8 heteroatoms. The number of carbonyl (C=O) groups excluding carboxylic acids is 1. The molecule has 2 N–H and O–H groups in total. The third kappa shape index (κ3) is 6.62. The lowest BCUT2D eigenvalue weighted by atomic mass is 10.3. The molecule has 7 nitrogen and oxygen atoms in total. The summed E-state index contributed by atoms with van der Waals surface area (Å²) in [5.41, 5.74) is 1.06. The zero-order valence-corrected chi connectivity index (χ0v) is 16.4. The fraction of sp³-hybridized carbons (Fsp3) is 0.381. The van der Waals surface area contributed by atoms with Crippen LogP contribution in [-0.2, 0) is 4.74 Å². The summed E-state index contributed by atoms with van der Waals surface area (Å²) in [4.78, 5) is 14.5. The molecule has 156 valence electrons. The molecule has 3 rings (SSSR count). The van der Waals surface area contributed by atoms with Gasteiger partial charge in [0.05, 0.1) is 26.9 Å². The Kier molecular flexibility index (Phi) is 7.66. The Bertz CT molecular complexity index is 795. The SMILES string of the molecule is COc1ccc(NC(=O)Nc2ccc(F)c(OCCCN3CCOCC3)c2)cc1. The van der Waals surface area contributed by atoms with Crippen molar-refractivity contribution in [2.45, 2.75) is 6.42 Å². The van der Waals surface area contributed by atoms with E-state index in [0.717, 1.165) is 39.3 Å². The van der Waals surface area contributed by atoms with Gasteiger partial charge < -0.3 is 24.8 Å². The first kappa shape index (κ1) is 20.9. The van der Waals surface area contributed by atoms with Gasteiger partial charge in [-0.25, -0.2) is 9.18 Å². The van der Waals surface area contributed by atoms with E-state index in [9.17, 15) is 9.18 Å². The summed E-state index contributed by atoms with van der Waals surface area (Å²) in [5, 5.41) is 5.39. The van der Waals surface area contributed by atoms with Crippen LogP contribution in [0.25, 0.3) is 0 Å². The number of urea groups is 1. The maximum Gasteiger partial charge on any atom is 0.323 e. The Morgan fingerprint density at radius 2 is 1.79 bits per heavy atom. The first-order chi connectivity index (χ1) is 14.1. The molecular formula is C21H26FN3O4. The molecule has 2 aromatic carbocycles. The number of hydrogen-bond acceptors (Lipinski definition) is 5. The normalized spacial score (nSPS) is 14.3. The van der Waals surface area contributed by atoms with Gasteiger partial charge in [0.2, 0.25) is 0 Å². The number of amides is 2. The summed E-state index contributed by atoms with van der Waals surface area (Å²) in [6.07, 6.45) is 0.787. The van der Waals surface area contributed by atoms with E-state index in [1.165, 1.54) is 18.2 Å². The first-order valence-electron chi connectivity index (χ1n) is 9.58. The van der Waals surface area contributed by atoms with Gasteiger partial charge in [0, 0.05) is 37.1 Å². The van der Waals surface area contributed by atoms with Crippen LogP contribution >= 0.6 is 0 Å². The Balaban J connectivity index is 1.47. The van der Waals surface area contributed by atoms with Crippen LogP contribution in [0, 0.1) is 5.82 Å². The molecule has 0 unspecified atom stereocenters. The number of morpholine rings is 1. The van der Waals surface area contributed by atoms with Crippen molar-refractivity contribution in [3.63, 3.8) is 0 Å². The van der Waals surface area contributed by atoms with E-state index in [4.69, 9.17) is 14.2 Å². The van der Waals surface area contributed by atoms with Gasteiger partial charge in [0.25, 0.3) is 0 Å². The van der Waals surface area contributed by atoms with Crippen molar-refractivity contribution in [3.8, 4) is 11.5 Å². The Morgan fingerprint density at radius 1 is 1.10 bits per heavy atom. The molecule has 1 aliphatic rings. The third-order valence-corrected chi connectivity index (χ3v) is 4.52. The first-order valence-corrected chi connectivity index (χ1v) is 9.58. The monoisotopic (exact) mass is 403 g/mol. The van der Waals surface area contributed by atoms with Crippen molar-refractivity contribution in [3.05, 3.63) is 48.3 Å². The number of ether oxygens (including phenoxy) is 3. The maximum atomic E-state index is 14.0. The molecule has 0 aliphatic carbocycles. The minimum absolute atomic E-state index is 0.120. The number of nitrogens with one attached hydrogen (secondary N) is 2. The van der Waals surface area contributed by atoms with Crippen LogP contribution in [-0.4, -0.2) is 57.5 Å². The molecule has 0 saturated carbocycles. The molecule has 0 spiro atoms. The van der Waals surface area contributed by atoms with Gasteiger partial charge in [-0.1, -0.05) is 0 Å². The van der Waals surface area contributed by atoms with E-state index in [0.29, 0.717) is 23.7 Å². The second kappa shape index (κ2) is 10.6. The summed E-state index contributed by atoms with van der Waals surface area (Å²) in [7, 11) is 1.58. The van der Waals surface area contributed by atoms with Crippen LogP contribution in [0.3, 0.4) is 0 Å². The number of nitrogens with zero attached hydrogens (tertiary/aromatic N) is 1. The van der Waals surface area contributed by atoms with Crippen LogP contribution < -0.4 is 20.1 Å². The largest absolute Gasteiger partial charge is 0.497 e. The minimum atomic E-state index is -0.461. The molecule has 1 saturated heterocycles. The van der Waals surface area contributed by atoms with Crippen LogP contribution in [0.1, 0.15) is 6.42 Å². The lowest BCUT2D eigenvalue weighted by Gasteiger charge is -2.26. The summed E-state index contributed by atoms with van der Waals surface area (Å²) in [5.74, 6) is 0.358. The molecule has 1 aliphatic heterocycles. The number of methoxy groups -OCH3 is 1. The minimum Gasteiger partial charge on any atom is -0.497 e. The smallest absolute Gasteiger partial charge is 0.323 e. The van der Waals surface area contributed by atoms with E-state index < -0.39 is 11.8 Å². The van der Waals surface area contributed by atoms with Crippen molar-refractivity contribution in [2.75, 3.05) is 57.2 Å². The average Bonchev–Trinajstić information content (AvgIpc) is 2.74. The highest BCUT2D eigenvalue weighted by Gasteiger charge is 2.11. The zero-order valence-electron chi connectivity index (χ0n) is 16.4. The highest BCUT2D eigenvalue weighted by molar-refractivity contribution is 5.99. The Hall–Kier alpha value is -2.84. The second-order valence-corrected chi connectivity index (χ2v) is 6.61. The summed E-state index contributed by atoms with van der Waals surface area (Å²) in [6, 6.07) is 10.8.